The van der Waals surface area contributed by atoms with Gasteiger partial charge in [0.15, 0.2) is 0 Å². The molecule has 0 bridgehead atoms. The van der Waals surface area contributed by atoms with E-state index in [1.807, 2.05) is 0 Å². The van der Waals surface area contributed by atoms with Gasteiger partial charge in [0.05, 0.1) is 0 Å². The Morgan fingerprint density at radius 2 is 0.680 bits per heavy atom. The molecule has 6 unspecified atom stereocenters. The molecule has 0 aromatic heterocycles. The second kappa shape index (κ2) is 27.7. The number of fused-ring (bicyclic) bond motifs is 12. The molecule has 97 heavy (non-hydrogen) atoms. The standard InChI is InChI=1S/C46H50.C46H42.2CH3.2ClH.Zr/c2*1-45(2,3)35-19-21-39(43(27-35)33-23-31-17-15-29-11-7-9-13-37(29)41(31)25-33)40-22-20-36(46(4,5)6)28-44(40)34-24-32-18-16-30-12-8-10-14-38(30)42(32)26-34;;;;;/h7-22,27-28,31-34,41-42H,23-26H2,1-6H3;7-22,25-28H,23-24H2,1-6H3;2*1H3;2*1H;/q;;2*-1;;;+4/p-2. The summed E-state index contributed by atoms with van der Waals surface area (Å²) >= 11 is -0.826. The van der Waals surface area contributed by atoms with E-state index in [1.165, 1.54) is 147 Å². The van der Waals surface area contributed by atoms with E-state index in [9.17, 15) is 0 Å². The fraction of sp³-hybridized carbons (Fsp3) is 0.298. The van der Waals surface area contributed by atoms with Crippen molar-refractivity contribution in [2.45, 2.75) is 167 Å². The van der Waals surface area contributed by atoms with Gasteiger partial charge >= 0.3 is 37.9 Å². The average molecular weight is 1390 g/mol. The van der Waals surface area contributed by atoms with Crippen LogP contribution < -0.4 is 0 Å². The van der Waals surface area contributed by atoms with Crippen LogP contribution in [-0.2, 0) is 55.3 Å². The number of rotatable bonds is 6. The Morgan fingerprint density at radius 1 is 0.340 bits per heavy atom. The molecule has 6 aliphatic carbocycles. The zero-order valence-corrected chi connectivity index (χ0v) is 63.9. The van der Waals surface area contributed by atoms with Crippen molar-refractivity contribution < 1.29 is 20.8 Å². The van der Waals surface area contributed by atoms with Crippen LogP contribution in [0.2, 0.25) is 0 Å². The van der Waals surface area contributed by atoms with Crippen molar-refractivity contribution in [2.24, 2.45) is 11.8 Å². The van der Waals surface area contributed by atoms with Crippen molar-refractivity contribution in [1.29, 1.82) is 0 Å². The van der Waals surface area contributed by atoms with E-state index < -0.39 is 20.8 Å². The summed E-state index contributed by atoms with van der Waals surface area (Å²) in [4.78, 5) is 0. The van der Waals surface area contributed by atoms with Gasteiger partial charge in [-0.15, -0.1) is 0 Å². The van der Waals surface area contributed by atoms with Crippen LogP contribution in [0.3, 0.4) is 0 Å². The average Bonchev–Trinajstić information content (AvgIpc) is 1.66. The number of hydrogen-bond acceptors (Lipinski definition) is 0. The van der Waals surface area contributed by atoms with E-state index in [-0.39, 0.29) is 36.5 Å². The first-order chi connectivity index (χ1) is 45.5. The van der Waals surface area contributed by atoms with E-state index in [0.29, 0.717) is 35.5 Å². The number of benzene rings is 10. The Kier molecular flexibility index (Phi) is 20.0. The van der Waals surface area contributed by atoms with E-state index in [1.54, 1.807) is 22.3 Å². The molecular formula is C94H98Cl2Zr. The summed E-state index contributed by atoms with van der Waals surface area (Å²) in [5.41, 5.74) is 31.9. The summed E-state index contributed by atoms with van der Waals surface area (Å²) in [6, 6.07) is 74.7. The molecule has 0 saturated heterocycles. The Morgan fingerprint density at radius 3 is 1.06 bits per heavy atom. The molecule has 492 valence electrons. The van der Waals surface area contributed by atoms with Crippen LogP contribution in [0.1, 0.15) is 221 Å². The molecule has 0 heterocycles. The van der Waals surface area contributed by atoms with Crippen molar-refractivity contribution in [3.63, 3.8) is 0 Å². The minimum absolute atomic E-state index is 0. The molecule has 0 radical (unpaired) electrons. The number of halogens is 2. The molecule has 0 amide bonds. The normalized spacial score (nSPS) is 19.4. The third kappa shape index (κ3) is 13.8. The predicted octanol–water partition coefficient (Wildman–Crippen LogP) is 27.3. The predicted molar refractivity (Wildman–Crippen MR) is 422 cm³/mol. The van der Waals surface area contributed by atoms with Crippen LogP contribution in [-0.4, -0.2) is 0 Å². The molecule has 0 nitrogen and oxygen atoms in total. The Hall–Kier alpha value is -6.86. The van der Waals surface area contributed by atoms with Gasteiger partial charge in [-0.2, -0.15) is 0 Å². The Labute approximate surface area is 601 Å². The van der Waals surface area contributed by atoms with Crippen LogP contribution in [0.5, 0.6) is 0 Å². The van der Waals surface area contributed by atoms with E-state index >= 15 is 0 Å². The van der Waals surface area contributed by atoms with Crippen LogP contribution in [0.15, 0.2) is 206 Å². The quantitative estimate of drug-likeness (QED) is 0.146. The number of hydrogen-bond donors (Lipinski definition) is 0. The molecule has 10 aromatic rings. The van der Waals surface area contributed by atoms with Gasteiger partial charge in [-0.3, -0.25) is 0 Å². The van der Waals surface area contributed by atoms with E-state index in [0.717, 1.165) is 12.8 Å². The van der Waals surface area contributed by atoms with Crippen LogP contribution in [0.25, 0.3) is 79.2 Å². The van der Waals surface area contributed by atoms with Gasteiger partial charge in [0.1, 0.15) is 0 Å². The maximum absolute atomic E-state index is 4.93. The first-order valence-corrected chi connectivity index (χ1v) is 41.4. The molecule has 0 N–H and O–H groups in total. The molecule has 2 fully saturated rings. The summed E-state index contributed by atoms with van der Waals surface area (Å²) in [5, 5.41) is 5.31. The molecule has 3 heteroatoms. The Balaban J connectivity index is 0.000000174. The minimum atomic E-state index is -0.826. The van der Waals surface area contributed by atoms with Crippen molar-refractivity contribution in [2.75, 3.05) is 0 Å². The fourth-order valence-corrected chi connectivity index (χ4v) is 17.0. The van der Waals surface area contributed by atoms with Gasteiger partial charge in [-0.1, -0.05) is 302 Å². The molecule has 6 aliphatic rings. The number of allylic oxidation sites excluding steroid dienone is 4. The van der Waals surface area contributed by atoms with E-state index in [2.05, 4.69) is 314 Å². The summed E-state index contributed by atoms with van der Waals surface area (Å²) in [6.45, 7) is 28.2. The molecule has 0 spiro atoms. The van der Waals surface area contributed by atoms with Gasteiger partial charge in [-0.05, 0) is 252 Å². The molecule has 10 aromatic carbocycles. The Bertz CT molecular complexity index is 4440. The van der Waals surface area contributed by atoms with Crippen LogP contribution >= 0.6 is 17.0 Å². The molecular weight excluding hydrogens is 1290 g/mol. The van der Waals surface area contributed by atoms with Crippen molar-refractivity contribution in [3.8, 4) is 22.3 Å². The zero-order chi connectivity index (χ0) is 66.3. The van der Waals surface area contributed by atoms with E-state index in [4.69, 9.17) is 17.0 Å². The molecule has 0 aliphatic heterocycles. The van der Waals surface area contributed by atoms with Gasteiger partial charge < -0.3 is 14.9 Å². The molecule has 6 atom stereocenters. The second-order valence-corrected chi connectivity index (χ2v) is 36.2. The van der Waals surface area contributed by atoms with Gasteiger partial charge in [-0.25, -0.2) is 0 Å². The summed E-state index contributed by atoms with van der Waals surface area (Å²) in [5.74, 6) is 3.59. The maximum atomic E-state index is 4.93. The third-order valence-corrected chi connectivity index (χ3v) is 22.3. The zero-order valence-electron chi connectivity index (χ0n) is 59.9. The summed E-state index contributed by atoms with van der Waals surface area (Å²) < 4.78 is 0. The van der Waals surface area contributed by atoms with Gasteiger partial charge in [0, 0.05) is 0 Å². The van der Waals surface area contributed by atoms with Crippen LogP contribution in [0, 0.1) is 26.7 Å². The van der Waals surface area contributed by atoms with Gasteiger partial charge in [0.2, 0.25) is 0 Å². The molecule has 16 rings (SSSR count). The van der Waals surface area contributed by atoms with Crippen molar-refractivity contribution in [3.05, 3.63) is 310 Å². The first-order valence-electron chi connectivity index (χ1n) is 35.0. The topological polar surface area (TPSA) is 0 Å². The molecule has 2 saturated carbocycles. The summed E-state index contributed by atoms with van der Waals surface area (Å²) in [7, 11) is 9.87. The fourth-order valence-electron chi connectivity index (χ4n) is 17.0. The monoisotopic (exact) mass is 1390 g/mol. The van der Waals surface area contributed by atoms with Crippen molar-refractivity contribution in [1.82, 2.24) is 0 Å². The van der Waals surface area contributed by atoms with Crippen molar-refractivity contribution >= 4 is 74.0 Å². The first kappa shape index (κ1) is 70.0. The summed E-state index contributed by atoms with van der Waals surface area (Å²) in [6.07, 6.45) is 21.6. The third-order valence-electron chi connectivity index (χ3n) is 22.3. The van der Waals surface area contributed by atoms with Crippen LogP contribution in [0.4, 0.5) is 0 Å². The SMILES string of the molecule is CC(C)(C)c1ccc(-c2ccc(C(C)(C)C)cc2C2=Cc3c(ccc4ccccc34)C2)c(C2=Cc3c(ccc4ccccc34)C2)c1.CC(C)(C)c1ccc(-c2ccc(C(C)(C)C)cc2C2CC3C=Cc4ccccc4C3C2)c(C2CC3C=Cc4ccccc4C3C2)c1.[CH3-].[CH3-].[Cl][Zr+2][Cl]. The van der Waals surface area contributed by atoms with Gasteiger partial charge in [0.25, 0.3) is 0 Å². The second-order valence-electron chi connectivity index (χ2n) is 32.5.